The van der Waals surface area contributed by atoms with E-state index in [-0.39, 0.29) is 0 Å². The molecule has 17 heavy (non-hydrogen) atoms. The molecule has 1 fully saturated rings. The summed E-state index contributed by atoms with van der Waals surface area (Å²) in [6, 6.07) is 5.28. The molecule has 0 atom stereocenters. The van der Waals surface area contributed by atoms with E-state index in [1.807, 2.05) is 6.07 Å². The molecule has 0 radical (unpaired) electrons. The zero-order valence-corrected chi connectivity index (χ0v) is 11.2. The SMILES string of the molecule is O=C(O)c1cccc(NCC2CCCC2)c1Br. The first kappa shape index (κ1) is 12.4. The van der Waals surface area contributed by atoms with Crippen molar-refractivity contribution in [2.45, 2.75) is 25.7 Å². The minimum Gasteiger partial charge on any atom is -0.478 e. The van der Waals surface area contributed by atoms with E-state index in [0.717, 1.165) is 18.2 Å². The molecule has 1 aromatic rings. The number of nitrogens with one attached hydrogen (secondary N) is 1. The maximum absolute atomic E-state index is 11.0. The highest BCUT2D eigenvalue weighted by molar-refractivity contribution is 9.10. The molecule has 1 saturated carbocycles. The van der Waals surface area contributed by atoms with Crippen LogP contribution in [-0.2, 0) is 0 Å². The van der Waals surface area contributed by atoms with Gasteiger partial charge in [-0.05, 0) is 46.8 Å². The van der Waals surface area contributed by atoms with Gasteiger partial charge in [-0.3, -0.25) is 0 Å². The van der Waals surface area contributed by atoms with Gasteiger partial charge in [0.25, 0.3) is 0 Å². The Balaban J connectivity index is 2.04. The summed E-state index contributed by atoms with van der Waals surface area (Å²) in [5.74, 6) is -0.170. The van der Waals surface area contributed by atoms with Gasteiger partial charge < -0.3 is 10.4 Å². The lowest BCUT2D eigenvalue weighted by Crippen LogP contribution is -2.12. The fraction of sp³-hybridized carbons (Fsp3) is 0.462. The summed E-state index contributed by atoms with van der Waals surface area (Å²) in [6.07, 6.45) is 5.21. The highest BCUT2D eigenvalue weighted by Crippen LogP contribution is 2.29. The largest absolute Gasteiger partial charge is 0.478 e. The maximum Gasteiger partial charge on any atom is 0.336 e. The Morgan fingerprint density at radius 2 is 2.12 bits per heavy atom. The monoisotopic (exact) mass is 297 g/mol. The Labute approximate surface area is 109 Å². The van der Waals surface area contributed by atoms with Crippen molar-refractivity contribution in [2.24, 2.45) is 5.92 Å². The Morgan fingerprint density at radius 1 is 1.41 bits per heavy atom. The minimum absolute atomic E-state index is 0.307. The number of halogens is 1. The summed E-state index contributed by atoms with van der Waals surface area (Å²) in [5, 5.41) is 12.4. The van der Waals surface area contributed by atoms with E-state index in [2.05, 4.69) is 21.2 Å². The average Bonchev–Trinajstić information content (AvgIpc) is 2.80. The van der Waals surface area contributed by atoms with E-state index in [9.17, 15) is 4.79 Å². The first-order valence-electron chi connectivity index (χ1n) is 5.94. The number of carboxylic acids is 1. The Bertz CT molecular complexity index is 414. The van der Waals surface area contributed by atoms with Crippen molar-refractivity contribution >= 4 is 27.6 Å². The Morgan fingerprint density at radius 3 is 2.76 bits per heavy atom. The summed E-state index contributed by atoms with van der Waals surface area (Å²) in [4.78, 5) is 11.0. The second-order valence-corrected chi connectivity index (χ2v) is 5.30. The van der Waals surface area contributed by atoms with Gasteiger partial charge in [0, 0.05) is 12.2 Å². The third kappa shape index (κ3) is 3.00. The molecular weight excluding hydrogens is 282 g/mol. The van der Waals surface area contributed by atoms with Gasteiger partial charge in [0.1, 0.15) is 0 Å². The third-order valence-electron chi connectivity index (χ3n) is 3.29. The predicted octanol–water partition coefficient (Wildman–Crippen LogP) is 3.75. The fourth-order valence-electron chi connectivity index (χ4n) is 2.30. The summed E-state index contributed by atoms with van der Waals surface area (Å²) >= 11 is 3.35. The average molecular weight is 298 g/mol. The van der Waals surface area contributed by atoms with Gasteiger partial charge in [-0.25, -0.2) is 4.79 Å². The van der Waals surface area contributed by atoms with E-state index >= 15 is 0 Å². The number of rotatable bonds is 4. The number of hydrogen-bond acceptors (Lipinski definition) is 2. The summed E-state index contributed by atoms with van der Waals surface area (Å²) in [7, 11) is 0. The van der Waals surface area contributed by atoms with Gasteiger partial charge in [0.05, 0.1) is 10.0 Å². The topological polar surface area (TPSA) is 49.3 Å². The molecule has 1 aliphatic carbocycles. The van der Waals surface area contributed by atoms with Crippen LogP contribution in [0.5, 0.6) is 0 Å². The van der Waals surface area contributed by atoms with Gasteiger partial charge in [-0.2, -0.15) is 0 Å². The molecular formula is C13H16BrNO2. The molecule has 0 amide bonds. The first-order chi connectivity index (χ1) is 8.18. The van der Waals surface area contributed by atoms with Gasteiger partial charge in [-0.15, -0.1) is 0 Å². The van der Waals surface area contributed by atoms with E-state index in [4.69, 9.17) is 5.11 Å². The molecule has 2 rings (SSSR count). The van der Waals surface area contributed by atoms with Gasteiger partial charge in [0.2, 0.25) is 0 Å². The second-order valence-electron chi connectivity index (χ2n) is 4.50. The van der Waals surface area contributed by atoms with Crippen LogP contribution in [0.15, 0.2) is 22.7 Å². The second kappa shape index (κ2) is 5.54. The molecule has 0 aliphatic heterocycles. The molecule has 0 bridgehead atoms. The van der Waals surface area contributed by atoms with Gasteiger partial charge >= 0.3 is 5.97 Å². The number of carboxylic acid groups (broad SMARTS) is 1. The van der Waals surface area contributed by atoms with E-state index in [0.29, 0.717) is 10.0 Å². The van der Waals surface area contributed by atoms with Crippen molar-refractivity contribution < 1.29 is 9.90 Å². The van der Waals surface area contributed by atoms with Crippen LogP contribution in [-0.4, -0.2) is 17.6 Å². The molecule has 4 heteroatoms. The van der Waals surface area contributed by atoms with Crippen molar-refractivity contribution in [2.75, 3.05) is 11.9 Å². The third-order valence-corrected chi connectivity index (χ3v) is 4.14. The number of aromatic carboxylic acids is 1. The zero-order chi connectivity index (χ0) is 12.3. The molecule has 0 heterocycles. The lowest BCUT2D eigenvalue weighted by Gasteiger charge is -2.14. The van der Waals surface area contributed by atoms with Crippen LogP contribution in [0.3, 0.4) is 0 Å². The summed E-state index contributed by atoms with van der Waals surface area (Å²) in [5.41, 5.74) is 1.18. The minimum atomic E-state index is -0.901. The molecule has 1 aliphatic rings. The molecule has 2 N–H and O–H groups in total. The highest BCUT2D eigenvalue weighted by atomic mass is 79.9. The Kier molecular flexibility index (Phi) is 4.05. The highest BCUT2D eigenvalue weighted by Gasteiger charge is 2.16. The van der Waals surface area contributed by atoms with Crippen molar-refractivity contribution in [1.29, 1.82) is 0 Å². The molecule has 0 unspecified atom stereocenters. The van der Waals surface area contributed by atoms with Gasteiger partial charge in [0.15, 0.2) is 0 Å². The van der Waals surface area contributed by atoms with Crippen molar-refractivity contribution in [3.63, 3.8) is 0 Å². The predicted molar refractivity (Wildman–Crippen MR) is 71.5 cm³/mol. The number of anilines is 1. The molecule has 92 valence electrons. The number of carbonyl (C=O) groups is 1. The molecule has 0 aromatic heterocycles. The Hall–Kier alpha value is -1.03. The first-order valence-corrected chi connectivity index (χ1v) is 6.73. The van der Waals surface area contributed by atoms with Crippen LogP contribution in [0, 0.1) is 5.92 Å². The van der Waals surface area contributed by atoms with Crippen LogP contribution < -0.4 is 5.32 Å². The summed E-state index contributed by atoms with van der Waals surface area (Å²) < 4.78 is 0.644. The van der Waals surface area contributed by atoms with Crippen LogP contribution >= 0.6 is 15.9 Å². The van der Waals surface area contributed by atoms with Gasteiger partial charge in [-0.1, -0.05) is 18.9 Å². The van der Waals surface area contributed by atoms with Crippen LogP contribution in [0.1, 0.15) is 36.0 Å². The van der Waals surface area contributed by atoms with Crippen molar-refractivity contribution in [1.82, 2.24) is 0 Å². The van der Waals surface area contributed by atoms with Crippen LogP contribution in [0.25, 0.3) is 0 Å². The maximum atomic E-state index is 11.0. The van der Waals surface area contributed by atoms with E-state index in [1.54, 1.807) is 12.1 Å². The number of benzene rings is 1. The normalized spacial score (nSPS) is 16.1. The molecule has 0 spiro atoms. The standard InChI is InChI=1S/C13H16BrNO2/c14-12-10(13(16)17)6-3-7-11(12)15-8-9-4-1-2-5-9/h3,6-7,9,15H,1-2,4-5,8H2,(H,16,17). The van der Waals surface area contributed by atoms with Crippen LogP contribution in [0.2, 0.25) is 0 Å². The van der Waals surface area contributed by atoms with Crippen LogP contribution in [0.4, 0.5) is 5.69 Å². The van der Waals surface area contributed by atoms with Crippen molar-refractivity contribution in [3.8, 4) is 0 Å². The summed E-state index contributed by atoms with van der Waals surface area (Å²) in [6.45, 7) is 0.932. The smallest absolute Gasteiger partial charge is 0.336 e. The van der Waals surface area contributed by atoms with E-state index < -0.39 is 5.97 Å². The number of hydrogen-bond donors (Lipinski definition) is 2. The van der Waals surface area contributed by atoms with E-state index in [1.165, 1.54) is 25.7 Å². The fourth-order valence-corrected chi connectivity index (χ4v) is 2.88. The lowest BCUT2D eigenvalue weighted by molar-refractivity contribution is 0.0696. The molecule has 0 saturated heterocycles. The lowest BCUT2D eigenvalue weighted by atomic mass is 10.1. The zero-order valence-electron chi connectivity index (χ0n) is 9.58. The molecule has 1 aromatic carbocycles. The molecule has 3 nitrogen and oxygen atoms in total. The van der Waals surface area contributed by atoms with Crippen molar-refractivity contribution in [3.05, 3.63) is 28.2 Å². The quantitative estimate of drug-likeness (QED) is 0.890.